The molecule has 0 saturated heterocycles. The highest BCUT2D eigenvalue weighted by Crippen LogP contribution is 1.92. The summed E-state index contributed by atoms with van der Waals surface area (Å²) in [4.78, 5) is 12.5. The summed E-state index contributed by atoms with van der Waals surface area (Å²) in [6.45, 7) is 2.10. The van der Waals surface area contributed by atoms with E-state index in [9.17, 15) is 0 Å². The average Bonchev–Trinajstić information content (AvgIpc) is 2.33. The molecule has 12 heavy (non-hydrogen) atoms. The Hall–Kier alpha value is -1.59. The maximum absolute atomic E-state index is 8.36. The Labute approximate surface area is 69.6 Å². The van der Waals surface area contributed by atoms with Gasteiger partial charge in [-0.2, -0.15) is 0 Å². The van der Waals surface area contributed by atoms with Crippen molar-refractivity contribution in [1.82, 2.24) is 9.55 Å². The molecule has 1 aromatic rings. The van der Waals surface area contributed by atoms with Gasteiger partial charge in [0.15, 0.2) is 0 Å². The normalized spacial score (nSPS) is 8.50. The minimum atomic E-state index is -1.50. The second-order valence-corrected chi connectivity index (χ2v) is 2.05. The predicted molar refractivity (Wildman–Crippen MR) is 41.4 cm³/mol. The first-order valence-corrected chi connectivity index (χ1v) is 3.37. The van der Waals surface area contributed by atoms with Crippen LogP contribution in [0, 0.1) is 10.1 Å². The molecule has 0 atom stereocenters. The molecule has 1 N–H and O–H groups in total. The largest absolute Gasteiger partial charge is 0.338 e. The number of hydrogen-bond acceptors (Lipinski definition) is 3. The molecule has 1 rings (SSSR count). The van der Waals surface area contributed by atoms with Gasteiger partial charge in [0.25, 0.3) is 5.09 Å². The standard InChI is InChI=1S/C6H10N2.HNO3/c1-3-6-7-4-5-8(6)2;2-1(3)4/h4-5H,3H2,1-2H3;(H,2,3,4). The topological polar surface area (TPSA) is 81.2 Å². The molecule has 6 nitrogen and oxygen atoms in total. The van der Waals surface area contributed by atoms with Crippen LogP contribution in [0.3, 0.4) is 0 Å². The van der Waals surface area contributed by atoms with E-state index in [1.165, 1.54) is 0 Å². The number of imidazole rings is 1. The lowest BCUT2D eigenvalue weighted by molar-refractivity contribution is -0.742. The molecular weight excluding hydrogens is 162 g/mol. The van der Waals surface area contributed by atoms with Crippen molar-refractivity contribution in [2.45, 2.75) is 13.3 Å². The van der Waals surface area contributed by atoms with E-state index in [0.717, 1.165) is 12.2 Å². The number of hydrogen-bond donors (Lipinski definition) is 1. The summed E-state index contributed by atoms with van der Waals surface area (Å²) in [6, 6.07) is 0. The number of aromatic nitrogens is 2. The zero-order chi connectivity index (χ0) is 9.56. The molecule has 0 spiro atoms. The summed E-state index contributed by atoms with van der Waals surface area (Å²) < 4.78 is 2.03. The Balaban J connectivity index is 0.000000261. The van der Waals surface area contributed by atoms with Crippen LogP contribution in [-0.2, 0) is 13.5 Å². The fourth-order valence-electron chi connectivity index (χ4n) is 0.737. The molecule has 0 unspecified atom stereocenters. The van der Waals surface area contributed by atoms with Crippen molar-refractivity contribution in [3.05, 3.63) is 28.3 Å². The van der Waals surface area contributed by atoms with Gasteiger partial charge in [-0.1, -0.05) is 6.92 Å². The van der Waals surface area contributed by atoms with Crippen LogP contribution in [-0.4, -0.2) is 19.8 Å². The summed E-state index contributed by atoms with van der Waals surface area (Å²) in [5, 5.41) is 13.6. The lowest BCUT2D eigenvalue weighted by Crippen LogP contribution is -1.92. The summed E-state index contributed by atoms with van der Waals surface area (Å²) in [5.41, 5.74) is 0. The quantitative estimate of drug-likeness (QED) is 0.499. The Bertz CT molecular complexity index is 242. The van der Waals surface area contributed by atoms with Gasteiger partial charge in [-0.05, 0) is 0 Å². The fraction of sp³-hybridized carbons (Fsp3) is 0.500. The highest BCUT2D eigenvalue weighted by molar-refractivity contribution is 4.89. The predicted octanol–water partition coefficient (Wildman–Crippen LogP) is 0.635. The molecule has 0 fully saturated rings. The van der Waals surface area contributed by atoms with Crippen molar-refractivity contribution in [2.75, 3.05) is 0 Å². The average molecular weight is 173 g/mol. The maximum Gasteiger partial charge on any atom is 0.291 e. The highest BCUT2D eigenvalue weighted by atomic mass is 16.9. The fourth-order valence-corrected chi connectivity index (χ4v) is 0.737. The Morgan fingerprint density at radius 1 is 1.83 bits per heavy atom. The van der Waals surface area contributed by atoms with Crippen molar-refractivity contribution >= 4 is 0 Å². The first-order valence-electron chi connectivity index (χ1n) is 3.37. The summed E-state index contributed by atoms with van der Waals surface area (Å²) in [7, 11) is 2.01. The van der Waals surface area contributed by atoms with Gasteiger partial charge in [-0.25, -0.2) is 4.98 Å². The van der Waals surface area contributed by atoms with E-state index in [1.54, 1.807) is 0 Å². The van der Waals surface area contributed by atoms with E-state index in [-0.39, 0.29) is 0 Å². The van der Waals surface area contributed by atoms with E-state index < -0.39 is 5.09 Å². The number of nitrogens with zero attached hydrogens (tertiary/aromatic N) is 3. The lowest BCUT2D eigenvalue weighted by atomic mass is 10.5. The van der Waals surface area contributed by atoms with Crippen molar-refractivity contribution in [1.29, 1.82) is 0 Å². The summed E-state index contributed by atoms with van der Waals surface area (Å²) in [6.07, 6.45) is 4.79. The maximum atomic E-state index is 8.36. The van der Waals surface area contributed by atoms with Crippen molar-refractivity contribution in [3.8, 4) is 0 Å². The molecule has 1 heterocycles. The van der Waals surface area contributed by atoms with Gasteiger partial charge in [0.2, 0.25) is 0 Å². The SMILES string of the molecule is CCc1nccn1C.O=[N+]([O-])O. The van der Waals surface area contributed by atoms with Crippen molar-refractivity contribution < 1.29 is 10.3 Å². The van der Waals surface area contributed by atoms with Gasteiger partial charge >= 0.3 is 0 Å². The molecule has 0 aromatic carbocycles. The van der Waals surface area contributed by atoms with Crippen LogP contribution in [0.5, 0.6) is 0 Å². The van der Waals surface area contributed by atoms with Crippen LogP contribution in [0.15, 0.2) is 12.4 Å². The van der Waals surface area contributed by atoms with Crippen molar-refractivity contribution in [3.63, 3.8) is 0 Å². The van der Waals surface area contributed by atoms with E-state index in [0.29, 0.717) is 0 Å². The van der Waals surface area contributed by atoms with Crippen LogP contribution < -0.4 is 0 Å². The first-order chi connectivity index (χ1) is 5.57. The van der Waals surface area contributed by atoms with Gasteiger partial charge < -0.3 is 9.77 Å². The zero-order valence-corrected chi connectivity index (χ0v) is 6.97. The minimum absolute atomic E-state index is 1.02. The van der Waals surface area contributed by atoms with Crippen LogP contribution in [0.2, 0.25) is 0 Å². The van der Waals surface area contributed by atoms with Crippen LogP contribution in [0.1, 0.15) is 12.7 Å². The Morgan fingerprint density at radius 3 is 2.50 bits per heavy atom. The van der Waals surface area contributed by atoms with Gasteiger partial charge in [0, 0.05) is 25.9 Å². The molecule has 0 radical (unpaired) electrons. The molecule has 0 aliphatic heterocycles. The van der Waals surface area contributed by atoms with Crippen LogP contribution in [0.4, 0.5) is 0 Å². The van der Waals surface area contributed by atoms with Gasteiger partial charge in [-0.3, -0.25) is 0 Å². The molecular formula is C6H11N3O3. The number of aryl methyl sites for hydroxylation is 2. The molecule has 68 valence electrons. The molecule has 0 saturated carbocycles. The van der Waals surface area contributed by atoms with Crippen molar-refractivity contribution in [2.24, 2.45) is 7.05 Å². The van der Waals surface area contributed by atoms with Crippen LogP contribution >= 0.6 is 0 Å². The second kappa shape index (κ2) is 5.11. The molecule has 0 aliphatic rings. The van der Waals surface area contributed by atoms with Gasteiger partial charge in [-0.15, -0.1) is 10.1 Å². The monoisotopic (exact) mass is 173 g/mol. The van der Waals surface area contributed by atoms with E-state index >= 15 is 0 Å². The summed E-state index contributed by atoms with van der Waals surface area (Å²) in [5.74, 6) is 1.14. The van der Waals surface area contributed by atoms with E-state index in [2.05, 4.69) is 11.9 Å². The molecule has 0 bridgehead atoms. The lowest BCUT2D eigenvalue weighted by Gasteiger charge is -1.92. The Kier molecular flexibility index (Phi) is 4.43. The van der Waals surface area contributed by atoms with E-state index in [4.69, 9.17) is 15.3 Å². The minimum Gasteiger partial charge on any atom is -0.338 e. The first kappa shape index (κ1) is 10.4. The zero-order valence-electron chi connectivity index (χ0n) is 6.97. The summed E-state index contributed by atoms with van der Waals surface area (Å²) >= 11 is 0. The number of rotatable bonds is 1. The second-order valence-electron chi connectivity index (χ2n) is 2.05. The third-order valence-corrected chi connectivity index (χ3v) is 1.24. The molecule has 1 aromatic heterocycles. The third-order valence-electron chi connectivity index (χ3n) is 1.24. The van der Waals surface area contributed by atoms with E-state index in [1.807, 2.05) is 24.0 Å². The Morgan fingerprint density at radius 2 is 2.33 bits per heavy atom. The van der Waals surface area contributed by atoms with Crippen LogP contribution in [0.25, 0.3) is 0 Å². The van der Waals surface area contributed by atoms with Gasteiger partial charge in [0.05, 0.1) is 0 Å². The molecule has 0 amide bonds. The van der Waals surface area contributed by atoms with Gasteiger partial charge in [0.1, 0.15) is 5.82 Å². The molecule has 0 aliphatic carbocycles. The highest BCUT2D eigenvalue weighted by Gasteiger charge is 1.90. The molecule has 6 heteroatoms. The smallest absolute Gasteiger partial charge is 0.291 e. The third kappa shape index (κ3) is 4.26.